The highest BCUT2D eigenvalue weighted by molar-refractivity contribution is 7.99. The Balaban J connectivity index is 2.13. The number of hydrogen-bond acceptors (Lipinski definition) is 3. The summed E-state index contributed by atoms with van der Waals surface area (Å²) in [7, 11) is 1.71. The molecular weight excluding hydrogens is 194 g/mol. The van der Waals surface area contributed by atoms with Crippen LogP contribution in [0.3, 0.4) is 0 Å². The number of ether oxygens (including phenoxy) is 1. The van der Waals surface area contributed by atoms with E-state index >= 15 is 0 Å². The predicted octanol–water partition coefficient (Wildman–Crippen LogP) is 2.07. The molecule has 1 aliphatic heterocycles. The number of methoxy groups -OCH3 is 1. The third-order valence-corrected chi connectivity index (χ3v) is 3.48. The van der Waals surface area contributed by atoms with Crippen LogP contribution in [0.25, 0.3) is 0 Å². The van der Waals surface area contributed by atoms with Crippen LogP contribution in [-0.4, -0.2) is 25.2 Å². The largest absolute Gasteiger partial charge is 0.497 e. The van der Waals surface area contributed by atoms with Gasteiger partial charge in [0.25, 0.3) is 0 Å². The van der Waals surface area contributed by atoms with Gasteiger partial charge in [-0.3, -0.25) is 0 Å². The summed E-state index contributed by atoms with van der Waals surface area (Å²) in [5.41, 5.74) is 1.33. The van der Waals surface area contributed by atoms with Crippen LogP contribution in [-0.2, 0) is 0 Å². The second-order valence-corrected chi connectivity index (χ2v) is 4.51. The minimum absolute atomic E-state index is 0.490. The van der Waals surface area contributed by atoms with Crippen molar-refractivity contribution in [3.63, 3.8) is 0 Å². The van der Waals surface area contributed by atoms with E-state index in [-0.39, 0.29) is 0 Å². The van der Waals surface area contributed by atoms with E-state index in [9.17, 15) is 0 Å². The maximum Gasteiger partial charge on any atom is 0.119 e. The Kier molecular flexibility index (Phi) is 3.32. The highest BCUT2D eigenvalue weighted by Crippen LogP contribution is 2.24. The highest BCUT2D eigenvalue weighted by atomic mass is 32.2. The zero-order chi connectivity index (χ0) is 9.80. The summed E-state index contributed by atoms with van der Waals surface area (Å²) in [5.74, 6) is 3.33. The van der Waals surface area contributed by atoms with Crippen molar-refractivity contribution < 1.29 is 4.74 Å². The van der Waals surface area contributed by atoms with Gasteiger partial charge in [-0.15, -0.1) is 0 Å². The third kappa shape index (κ3) is 2.22. The zero-order valence-electron chi connectivity index (χ0n) is 8.32. The van der Waals surface area contributed by atoms with Crippen LogP contribution in [0.1, 0.15) is 11.6 Å². The van der Waals surface area contributed by atoms with Crippen molar-refractivity contribution in [2.75, 3.05) is 25.2 Å². The van der Waals surface area contributed by atoms with Crippen LogP contribution >= 0.6 is 11.8 Å². The van der Waals surface area contributed by atoms with E-state index in [4.69, 9.17) is 4.74 Å². The Labute approximate surface area is 89.0 Å². The van der Waals surface area contributed by atoms with E-state index in [1.165, 1.54) is 11.3 Å². The molecule has 1 aromatic rings. The van der Waals surface area contributed by atoms with E-state index in [2.05, 4.69) is 23.5 Å². The van der Waals surface area contributed by atoms with E-state index in [0.717, 1.165) is 18.0 Å². The van der Waals surface area contributed by atoms with Gasteiger partial charge >= 0.3 is 0 Å². The molecule has 1 saturated heterocycles. The molecule has 2 rings (SSSR count). The molecule has 14 heavy (non-hydrogen) atoms. The number of thioether (sulfide) groups is 1. The summed E-state index contributed by atoms with van der Waals surface area (Å²) in [4.78, 5) is 0. The Morgan fingerprint density at radius 3 is 3.14 bits per heavy atom. The summed E-state index contributed by atoms with van der Waals surface area (Å²) in [6, 6.07) is 8.80. The van der Waals surface area contributed by atoms with Crippen LogP contribution in [0.5, 0.6) is 5.75 Å². The second-order valence-electron chi connectivity index (χ2n) is 3.36. The smallest absolute Gasteiger partial charge is 0.119 e. The fourth-order valence-electron chi connectivity index (χ4n) is 1.64. The normalized spacial score (nSPS) is 21.9. The fourth-order valence-corrected chi connectivity index (χ4v) is 2.61. The summed E-state index contributed by atoms with van der Waals surface area (Å²) < 4.78 is 5.21. The molecule has 1 fully saturated rings. The minimum Gasteiger partial charge on any atom is -0.497 e. The lowest BCUT2D eigenvalue weighted by Gasteiger charge is -2.23. The molecule has 1 aromatic carbocycles. The number of nitrogens with one attached hydrogen (secondary N) is 1. The van der Waals surface area contributed by atoms with Gasteiger partial charge in [-0.05, 0) is 17.7 Å². The molecule has 0 bridgehead atoms. The molecule has 1 heterocycles. The molecule has 3 heteroatoms. The Hall–Kier alpha value is -0.670. The predicted molar refractivity (Wildman–Crippen MR) is 61.1 cm³/mol. The standard InChI is InChI=1S/C11H15NOS/c1-13-10-4-2-3-9(7-10)11-8-14-6-5-12-11/h2-4,7,11-12H,5-6,8H2,1H3/t11-/m1/s1. The molecule has 0 amide bonds. The van der Waals surface area contributed by atoms with Crippen LogP contribution in [0.4, 0.5) is 0 Å². The average molecular weight is 209 g/mol. The first-order valence-electron chi connectivity index (χ1n) is 4.85. The third-order valence-electron chi connectivity index (χ3n) is 2.42. The highest BCUT2D eigenvalue weighted by Gasteiger charge is 2.14. The van der Waals surface area contributed by atoms with Crippen molar-refractivity contribution in [2.24, 2.45) is 0 Å². The van der Waals surface area contributed by atoms with Gasteiger partial charge < -0.3 is 10.1 Å². The van der Waals surface area contributed by atoms with Gasteiger partial charge in [0.1, 0.15) is 5.75 Å². The van der Waals surface area contributed by atoms with Gasteiger partial charge in [0.2, 0.25) is 0 Å². The molecule has 2 nitrogen and oxygen atoms in total. The summed E-state index contributed by atoms with van der Waals surface area (Å²) in [6.45, 7) is 1.10. The molecule has 1 atom stereocenters. The van der Waals surface area contributed by atoms with Crippen LogP contribution in [0.2, 0.25) is 0 Å². The van der Waals surface area contributed by atoms with Crippen molar-refractivity contribution >= 4 is 11.8 Å². The van der Waals surface area contributed by atoms with Crippen molar-refractivity contribution in [2.45, 2.75) is 6.04 Å². The van der Waals surface area contributed by atoms with Crippen LogP contribution in [0.15, 0.2) is 24.3 Å². The van der Waals surface area contributed by atoms with Crippen molar-refractivity contribution in [1.29, 1.82) is 0 Å². The summed E-state index contributed by atoms with van der Waals surface area (Å²) in [6.07, 6.45) is 0. The quantitative estimate of drug-likeness (QED) is 0.805. The first kappa shape index (κ1) is 9.87. The number of rotatable bonds is 2. The molecule has 0 saturated carbocycles. The molecule has 76 valence electrons. The lowest BCUT2D eigenvalue weighted by molar-refractivity contribution is 0.413. The summed E-state index contributed by atoms with van der Waals surface area (Å²) in [5, 5.41) is 3.51. The Morgan fingerprint density at radius 1 is 1.50 bits per heavy atom. The summed E-state index contributed by atoms with van der Waals surface area (Å²) >= 11 is 2.01. The van der Waals surface area contributed by atoms with Crippen molar-refractivity contribution in [3.05, 3.63) is 29.8 Å². The van der Waals surface area contributed by atoms with E-state index in [0.29, 0.717) is 6.04 Å². The lowest BCUT2D eigenvalue weighted by Crippen LogP contribution is -2.30. The van der Waals surface area contributed by atoms with Crippen LogP contribution < -0.4 is 10.1 Å². The second kappa shape index (κ2) is 4.71. The number of benzene rings is 1. The van der Waals surface area contributed by atoms with Gasteiger partial charge in [0.05, 0.1) is 7.11 Å². The van der Waals surface area contributed by atoms with E-state index < -0.39 is 0 Å². The van der Waals surface area contributed by atoms with E-state index in [1.807, 2.05) is 17.8 Å². The van der Waals surface area contributed by atoms with Crippen molar-refractivity contribution in [1.82, 2.24) is 5.32 Å². The Bertz CT molecular complexity index is 297. The van der Waals surface area contributed by atoms with Gasteiger partial charge in [-0.25, -0.2) is 0 Å². The molecule has 0 aromatic heterocycles. The minimum atomic E-state index is 0.490. The van der Waals surface area contributed by atoms with Gasteiger partial charge in [-0.2, -0.15) is 11.8 Å². The average Bonchev–Trinajstić information content (AvgIpc) is 2.30. The number of hydrogen-bond donors (Lipinski definition) is 1. The van der Waals surface area contributed by atoms with Gasteiger partial charge in [0, 0.05) is 24.1 Å². The maximum absolute atomic E-state index is 5.21. The fraction of sp³-hybridized carbons (Fsp3) is 0.455. The molecule has 0 aliphatic carbocycles. The zero-order valence-corrected chi connectivity index (χ0v) is 9.14. The first-order valence-corrected chi connectivity index (χ1v) is 6.00. The van der Waals surface area contributed by atoms with Crippen molar-refractivity contribution in [3.8, 4) is 5.75 Å². The van der Waals surface area contributed by atoms with E-state index in [1.54, 1.807) is 7.11 Å². The topological polar surface area (TPSA) is 21.3 Å². The lowest BCUT2D eigenvalue weighted by atomic mass is 10.1. The molecule has 0 radical (unpaired) electrons. The SMILES string of the molecule is COc1cccc([C@H]2CSCCN2)c1. The first-order chi connectivity index (χ1) is 6.90. The van der Waals surface area contributed by atoms with Gasteiger partial charge in [0.15, 0.2) is 0 Å². The molecule has 1 aliphatic rings. The Morgan fingerprint density at radius 2 is 2.43 bits per heavy atom. The molecular formula is C11H15NOS. The molecule has 0 unspecified atom stereocenters. The molecule has 1 N–H and O–H groups in total. The van der Waals surface area contributed by atoms with Crippen LogP contribution in [0, 0.1) is 0 Å². The van der Waals surface area contributed by atoms with Gasteiger partial charge in [-0.1, -0.05) is 12.1 Å². The monoisotopic (exact) mass is 209 g/mol. The maximum atomic E-state index is 5.21. The molecule has 0 spiro atoms.